The third-order valence-electron chi connectivity index (χ3n) is 2.21. The van der Waals surface area contributed by atoms with Gasteiger partial charge in [0, 0.05) is 29.7 Å². The predicted molar refractivity (Wildman–Crippen MR) is 63.8 cm³/mol. The first-order valence-electron chi connectivity index (χ1n) is 4.86. The Balaban J connectivity index is 2.41. The van der Waals surface area contributed by atoms with E-state index in [1.165, 1.54) is 7.11 Å². The maximum Gasteiger partial charge on any atom is 0.358 e. The molecule has 0 fully saturated rings. The third kappa shape index (κ3) is 2.42. The number of aromatic nitrogens is 2. The van der Waals surface area contributed by atoms with Gasteiger partial charge in [0.05, 0.1) is 12.1 Å². The number of esters is 1. The molecule has 2 rings (SSSR count). The van der Waals surface area contributed by atoms with Crippen LogP contribution in [0.2, 0.25) is 5.02 Å². The molecule has 0 saturated carbocycles. The number of hydrogen-bond acceptors (Lipinski definition) is 4. The molecule has 17 heavy (non-hydrogen) atoms. The SMILES string of the molecule is COC(=O)c1ncc(-c2cccnc2)cc1Cl. The molecule has 0 unspecified atom stereocenters. The maximum atomic E-state index is 11.3. The number of rotatable bonds is 2. The maximum absolute atomic E-state index is 11.3. The van der Waals surface area contributed by atoms with Crippen molar-refractivity contribution in [3.8, 4) is 11.1 Å². The summed E-state index contributed by atoms with van der Waals surface area (Å²) in [6.07, 6.45) is 4.95. The van der Waals surface area contributed by atoms with Crippen molar-refractivity contribution in [2.75, 3.05) is 7.11 Å². The number of pyridine rings is 2. The Labute approximate surface area is 103 Å². The van der Waals surface area contributed by atoms with E-state index in [9.17, 15) is 4.79 Å². The van der Waals surface area contributed by atoms with Crippen LogP contribution in [0.25, 0.3) is 11.1 Å². The number of nitrogens with zero attached hydrogens (tertiary/aromatic N) is 2. The summed E-state index contributed by atoms with van der Waals surface area (Å²) in [6.45, 7) is 0. The summed E-state index contributed by atoms with van der Waals surface area (Å²) < 4.78 is 4.56. The summed E-state index contributed by atoms with van der Waals surface area (Å²) in [5, 5.41) is 0.262. The lowest BCUT2D eigenvalue weighted by atomic mass is 10.1. The van der Waals surface area contributed by atoms with Gasteiger partial charge in [0.1, 0.15) is 0 Å². The second-order valence-electron chi connectivity index (χ2n) is 3.29. The first-order chi connectivity index (χ1) is 8.22. The Morgan fingerprint density at radius 2 is 2.18 bits per heavy atom. The molecule has 0 aliphatic carbocycles. The van der Waals surface area contributed by atoms with E-state index in [-0.39, 0.29) is 10.7 Å². The van der Waals surface area contributed by atoms with E-state index < -0.39 is 5.97 Å². The Morgan fingerprint density at radius 3 is 2.76 bits per heavy atom. The van der Waals surface area contributed by atoms with Gasteiger partial charge in [-0.15, -0.1) is 0 Å². The van der Waals surface area contributed by atoms with Crippen LogP contribution in [-0.2, 0) is 4.74 Å². The molecule has 5 heteroatoms. The van der Waals surface area contributed by atoms with E-state index in [2.05, 4.69) is 14.7 Å². The number of carbonyl (C=O) groups is 1. The summed E-state index contributed by atoms with van der Waals surface area (Å²) in [6, 6.07) is 5.37. The average Bonchev–Trinajstić information content (AvgIpc) is 2.39. The van der Waals surface area contributed by atoms with E-state index in [1.54, 1.807) is 24.7 Å². The second kappa shape index (κ2) is 4.93. The lowest BCUT2D eigenvalue weighted by molar-refractivity contribution is 0.0594. The molecule has 0 saturated heterocycles. The molecule has 0 amide bonds. The van der Waals surface area contributed by atoms with Crippen LogP contribution in [0.1, 0.15) is 10.5 Å². The van der Waals surface area contributed by atoms with Crippen molar-refractivity contribution in [1.82, 2.24) is 9.97 Å². The highest BCUT2D eigenvalue weighted by atomic mass is 35.5. The van der Waals surface area contributed by atoms with Crippen molar-refractivity contribution in [2.45, 2.75) is 0 Å². The largest absolute Gasteiger partial charge is 0.464 e. The Kier molecular flexibility index (Phi) is 3.35. The minimum atomic E-state index is -0.548. The van der Waals surface area contributed by atoms with Gasteiger partial charge in [-0.3, -0.25) is 4.98 Å². The number of ether oxygens (including phenoxy) is 1. The van der Waals surface area contributed by atoms with Gasteiger partial charge < -0.3 is 4.74 Å². The number of halogens is 1. The molecule has 2 aromatic heterocycles. The van der Waals surface area contributed by atoms with E-state index in [0.29, 0.717) is 0 Å². The minimum Gasteiger partial charge on any atom is -0.464 e. The fraction of sp³-hybridized carbons (Fsp3) is 0.0833. The summed E-state index contributed by atoms with van der Waals surface area (Å²) in [5.41, 5.74) is 1.80. The van der Waals surface area contributed by atoms with Gasteiger partial charge in [-0.2, -0.15) is 0 Å². The fourth-order valence-corrected chi connectivity index (χ4v) is 1.62. The van der Waals surface area contributed by atoms with Crippen LogP contribution in [0.15, 0.2) is 36.8 Å². The lowest BCUT2D eigenvalue weighted by Gasteiger charge is -2.04. The second-order valence-corrected chi connectivity index (χ2v) is 3.69. The molecule has 2 aromatic rings. The Bertz CT molecular complexity index is 543. The Morgan fingerprint density at radius 1 is 1.35 bits per heavy atom. The van der Waals surface area contributed by atoms with E-state index >= 15 is 0 Å². The molecule has 0 radical (unpaired) electrons. The Hall–Kier alpha value is -1.94. The summed E-state index contributed by atoms with van der Waals surface area (Å²) >= 11 is 5.97. The topological polar surface area (TPSA) is 52.1 Å². The number of hydrogen-bond donors (Lipinski definition) is 0. The van der Waals surface area contributed by atoms with Gasteiger partial charge in [0.15, 0.2) is 5.69 Å². The van der Waals surface area contributed by atoms with Crippen LogP contribution >= 0.6 is 11.6 Å². The molecule has 0 bridgehead atoms. The van der Waals surface area contributed by atoms with E-state index in [4.69, 9.17) is 11.6 Å². The first-order valence-corrected chi connectivity index (χ1v) is 5.24. The first kappa shape index (κ1) is 11.5. The minimum absolute atomic E-state index is 0.113. The quantitative estimate of drug-likeness (QED) is 0.767. The highest BCUT2D eigenvalue weighted by molar-refractivity contribution is 6.33. The van der Waals surface area contributed by atoms with Crippen molar-refractivity contribution >= 4 is 17.6 Å². The van der Waals surface area contributed by atoms with Crippen molar-refractivity contribution in [3.05, 3.63) is 47.5 Å². The highest BCUT2D eigenvalue weighted by Crippen LogP contribution is 2.23. The summed E-state index contributed by atoms with van der Waals surface area (Å²) in [7, 11) is 1.29. The molecule has 0 spiro atoms. The van der Waals surface area contributed by atoms with Gasteiger partial charge in [-0.25, -0.2) is 9.78 Å². The molecule has 0 atom stereocenters. The van der Waals surface area contributed by atoms with E-state index in [0.717, 1.165) is 11.1 Å². The van der Waals surface area contributed by atoms with Gasteiger partial charge in [0.25, 0.3) is 0 Å². The van der Waals surface area contributed by atoms with Crippen LogP contribution in [0, 0.1) is 0 Å². The van der Waals surface area contributed by atoms with Gasteiger partial charge in [-0.1, -0.05) is 17.7 Å². The molecule has 4 nitrogen and oxygen atoms in total. The molecule has 0 aliphatic rings. The fourth-order valence-electron chi connectivity index (χ4n) is 1.38. The zero-order chi connectivity index (χ0) is 12.3. The zero-order valence-corrected chi connectivity index (χ0v) is 9.81. The molecular weight excluding hydrogens is 240 g/mol. The zero-order valence-electron chi connectivity index (χ0n) is 9.05. The van der Waals surface area contributed by atoms with E-state index in [1.807, 2.05) is 12.1 Å². The lowest BCUT2D eigenvalue weighted by Crippen LogP contribution is -2.05. The van der Waals surface area contributed by atoms with Crippen LogP contribution in [0.3, 0.4) is 0 Å². The molecular formula is C12H9ClN2O2. The van der Waals surface area contributed by atoms with Crippen molar-refractivity contribution in [3.63, 3.8) is 0 Å². The molecule has 0 N–H and O–H groups in total. The van der Waals surface area contributed by atoms with Gasteiger partial charge >= 0.3 is 5.97 Å². The van der Waals surface area contributed by atoms with Crippen LogP contribution in [-0.4, -0.2) is 23.0 Å². The predicted octanol–water partition coefficient (Wildman–Crippen LogP) is 2.58. The molecule has 2 heterocycles. The average molecular weight is 249 g/mol. The standard InChI is InChI=1S/C12H9ClN2O2/c1-17-12(16)11-10(13)5-9(7-15-11)8-3-2-4-14-6-8/h2-7H,1H3. The van der Waals surface area contributed by atoms with Crippen LogP contribution in [0.5, 0.6) is 0 Å². The van der Waals surface area contributed by atoms with Crippen molar-refractivity contribution in [2.24, 2.45) is 0 Å². The normalized spacial score (nSPS) is 10.0. The highest BCUT2D eigenvalue weighted by Gasteiger charge is 2.13. The van der Waals surface area contributed by atoms with Crippen LogP contribution in [0.4, 0.5) is 0 Å². The van der Waals surface area contributed by atoms with Gasteiger partial charge in [-0.05, 0) is 12.1 Å². The summed E-state index contributed by atoms with van der Waals surface area (Å²) in [5.74, 6) is -0.548. The third-order valence-corrected chi connectivity index (χ3v) is 2.50. The summed E-state index contributed by atoms with van der Waals surface area (Å²) in [4.78, 5) is 19.3. The molecule has 86 valence electrons. The smallest absolute Gasteiger partial charge is 0.358 e. The van der Waals surface area contributed by atoms with Crippen molar-refractivity contribution < 1.29 is 9.53 Å². The van der Waals surface area contributed by atoms with Crippen LogP contribution < -0.4 is 0 Å². The number of carbonyl (C=O) groups excluding carboxylic acids is 1. The number of methoxy groups -OCH3 is 1. The van der Waals surface area contributed by atoms with Gasteiger partial charge in [0.2, 0.25) is 0 Å². The monoisotopic (exact) mass is 248 g/mol. The molecule has 0 aliphatic heterocycles. The van der Waals surface area contributed by atoms with Crippen molar-refractivity contribution in [1.29, 1.82) is 0 Å². The molecule has 0 aromatic carbocycles.